The van der Waals surface area contributed by atoms with Crippen LogP contribution in [0.3, 0.4) is 0 Å². The van der Waals surface area contributed by atoms with Crippen LogP contribution in [0.2, 0.25) is 0 Å². The van der Waals surface area contributed by atoms with Gasteiger partial charge in [0.2, 0.25) is 0 Å². The van der Waals surface area contributed by atoms with E-state index in [-0.39, 0.29) is 11.4 Å². The number of carbonyl (C=O) groups excluding carboxylic acids is 1. The SMILES string of the molecule is CCOC(=O)C1=C(c2ccccc2)Nc2nc(=S)[nH]c(N)c2C1c1ccc(OCc2ccccc2)cc1. The van der Waals surface area contributed by atoms with Gasteiger partial charge >= 0.3 is 5.97 Å². The number of benzene rings is 3. The molecule has 3 aromatic carbocycles. The third-order valence-corrected chi connectivity index (χ3v) is 6.30. The molecule has 1 unspecified atom stereocenters. The standard InChI is InChI=1S/C29H26N4O3S/c1-2-35-28(34)23-22(19-13-15-21(16-14-19)36-17-18-9-5-3-6-10-18)24-26(30)32-29(37)33-27(24)31-25(23)20-11-7-4-8-12-20/h3-16,22H,2,17H2,1H3,(H4,30,31,32,33,37). The molecule has 0 saturated heterocycles. The van der Waals surface area contributed by atoms with E-state index in [2.05, 4.69) is 15.3 Å². The Morgan fingerprint density at radius 2 is 1.68 bits per heavy atom. The maximum Gasteiger partial charge on any atom is 0.337 e. The largest absolute Gasteiger partial charge is 0.489 e. The lowest BCUT2D eigenvalue weighted by Crippen LogP contribution is -2.27. The Bertz CT molecular complexity index is 1500. The summed E-state index contributed by atoms with van der Waals surface area (Å²) in [5.74, 6) is 0.572. The smallest absolute Gasteiger partial charge is 0.337 e. The highest BCUT2D eigenvalue weighted by Gasteiger charge is 2.37. The second-order valence-electron chi connectivity index (χ2n) is 8.49. The number of H-pyrrole nitrogens is 1. The number of hydrogen-bond donors (Lipinski definition) is 3. The molecule has 2 heterocycles. The number of nitrogen functional groups attached to an aromatic ring is 1. The van der Waals surface area contributed by atoms with Gasteiger partial charge in [0, 0.05) is 5.56 Å². The molecule has 186 valence electrons. The first-order chi connectivity index (χ1) is 18.0. The molecule has 8 heteroatoms. The quantitative estimate of drug-likeness (QED) is 0.212. The summed E-state index contributed by atoms with van der Waals surface area (Å²) in [4.78, 5) is 20.9. The number of nitrogens with zero attached hydrogens (tertiary/aromatic N) is 1. The molecule has 0 radical (unpaired) electrons. The number of nitrogens with one attached hydrogen (secondary N) is 2. The van der Waals surface area contributed by atoms with Gasteiger partial charge in [-0.25, -0.2) is 9.78 Å². The Balaban J connectivity index is 1.61. The van der Waals surface area contributed by atoms with Gasteiger partial charge in [-0.3, -0.25) is 0 Å². The summed E-state index contributed by atoms with van der Waals surface area (Å²) >= 11 is 5.29. The van der Waals surface area contributed by atoms with Crippen molar-refractivity contribution in [3.8, 4) is 5.75 Å². The van der Waals surface area contributed by atoms with Crippen LogP contribution >= 0.6 is 12.2 Å². The molecule has 7 nitrogen and oxygen atoms in total. The fraction of sp³-hybridized carbons (Fsp3) is 0.138. The highest BCUT2D eigenvalue weighted by atomic mass is 32.1. The third-order valence-electron chi connectivity index (χ3n) is 6.11. The van der Waals surface area contributed by atoms with Crippen molar-refractivity contribution >= 4 is 35.5 Å². The van der Waals surface area contributed by atoms with Crippen molar-refractivity contribution in [3.63, 3.8) is 0 Å². The highest BCUT2D eigenvalue weighted by molar-refractivity contribution is 7.71. The number of fused-ring (bicyclic) bond motifs is 1. The van der Waals surface area contributed by atoms with Gasteiger partial charge in [0.25, 0.3) is 0 Å². The van der Waals surface area contributed by atoms with Gasteiger partial charge in [0.15, 0.2) is 4.77 Å². The summed E-state index contributed by atoms with van der Waals surface area (Å²) in [6.45, 7) is 2.48. The van der Waals surface area contributed by atoms with E-state index in [1.54, 1.807) is 6.92 Å². The molecule has 4 aromatic rings. The molecule has 37 heavy (non-hydrogen) atoms. The Hall–Kier alpha value is -4.43. The fourth-order valence-corrected chi connectivity index (χ4v) is 4.65. The molecule has 5 rings (SSSR count). The number of hydrogen-bond acceptors (Lipinski definition) is 7. The minimum atomic E-state index is -0.548. The van der Waals surface area contributed by atoms with Gasteiger partial charge in [0.1, 0.15) is 24.0 Å². The summed E-state index contributed by atoms with van der Waals surface area (Å²) in [6.07, 6.45) is 0. The number of esters is 1. The average Bonchev–Trinajstić information content (AvgIpc) is 2.92. The van der Waals surface area contributed by atoms with Crippen LogP contribution < -0.4 is 15.8 Å². The second-order valence-corrected chi connectivity index (χ2v) is 8.88. The van der Waals surface area contributed by atoms with Crippen LogP contribution in [0, 0.1) is 4.77 Å². The Morgan fingerprint density at radius 3 is 2.35 bits per heavy atom. The van der Waals surface area contributed by atoms with E-state index in [1.807, 2.05) is 84.9 Å². The van der Waals surface area contributed by atoms with Gasteiger partial charge in [0.05, 0.1) is 23.8 Å². The van der Waals surface area contributed by atoms with Crippen LogP contribution in [-0.4, -0.2) is 22.5 Å². The Kier molecular flexibility index (Phi) is 7.00. The molecule has 0 aliphatic carbocycles. The van der Waals surface area contributed by atoms with Crippen molar-refractivity contribution < 1.29 is 14.3 Å². The minimum absolute atomic E-state index is 0.237. The summed E-state index contributed by atoms with van der Waals surface area (Å²) in [5.41, 5.74) is 10.8. The van der Waals surface area contributed by atoms with Crippen molar-refractivity contribution in [3.05, 3.63) is 118 Å². The van der Waals surface area contributed by atoms with Gasteiger partial charge in [-0.05, 0) is 48.0 Å². The molecule has 4 N–H and O–H groups in total. The van der Waals surface area contributed by atoms with E-state index < -0.39 is 11.9 Å². The summed E-state index contributed by atoms with van der Waals surface area (Å²) in [6, 6.07) is 27.2. The van der Waals surface area contributed by atoms with Crippen molar-refractivity contribution in [2.75, 3.05) is 17.7 Å². The Morgan fingerprint density at radius 1 is 1.00 bits per heavy atom. The van der Waals surface area contributed by atoms with Crippen LogP contribution in [0.15, 0.2) is 90.5 Å². The normalized spacial score (nSPS) is 14.5. The fourth-order valence-electron chi connectivity index (χ4n) is 4.45. The molecule has 1 aliphatic rings. The molecule has 1 atom stereocenters. The van der Waals surface area contributed by atoms with Crippen molar-refractivity contribution in [2.24, 2.45) is 0 Å². The maximum atomic E-state index is 13.4. The summed E-state index contributed by atoms with van der Waals surface area (Å²) in [5, 5.41) is 3.31. The number of anilines is 2. The van der Waals surface area contributed by atoms with Crippen LogP contribution in [0.1, 0.15) is 35.1 Å². The monoisotopic (exact) mass is 510 g/mol. The number of rotatable bonds is 7. The van der Waals surface area contributed by atoms with Crippen LogP contribution in [-0.2, 0) is 16.1 Å². The van der Waals surface area contributed by atoms with E-state index >= 15 is 0 Å². The lowest BCUT2D eigenvalue weighted by atomic mass is 9.80. The lowest BCUT2D eigenvalue weighted by molar-refractivity contribution is -0.138. The zero-order chi connectivity index (χ0) is 25.8. The molecule has 1 aromatic heterocycles. The zero-order valence-electron chi connectivity index (χ0n) is 20.2. The molecular formula is C29H26N4O3S. The first kappa shape index (κ1) is 24.3. The van der Waals surface area contributed by atoms with Crippen molar-refractivity contribution in [2.45, 2.75) is 19.4 Å². The first-order valence-electron chi connectivity index (χ1n) is 11.9. The van der Waals surface area contributed by atoms with Gasteiger partial charge in [-0.15, -0.1) is 0 Å². The predicted molar refractivity (Wildman–Crippen MR) is 147 cm³/mol. The van der Waals surface area contributed by atoms with Gasteiger partial charge in [-0.2, -0.15) is 0 Å². The maximum absolute atomic E-state index is 13.4. The Labute approximate surface area is 220 Å². The van der Waals surface area contributed by atoms with E-state index in [9.17, 15) is 4.79 Å². The minimum Gasteiger partial charge on any atom is -0.489 e. The molecule has 0 saturated carbocycles. The average molecular weight is 511 g/mol. The first-order valence-corrected chi connectivity index (χ1v) is 12.4. The second kappa shape index (κ2) is 10.7. The van der Waals surface area contributed by atoms with E-state index in [1.165, 1.54) is 0 Å². The topological polar surface area (TPSA) is 102 Å². The van der Waals surface area contributed by atoms with Crippen LogP contribution in [0.5, 0.6) is 5.75 Å². The van der Waals surface area contributed by atoms with Crippen LogP contribution in [0.25, 0.3) is 5.70 Å². The van der Waals surface area contributed by atoms with E-state index in [0.717, 1.165) is 16.7 Å². The molecule has 1 aliphatic heterocycles. The van der Waals surface area contributed by atoms with Gasteiger partial charge in [-0.1, -0.05) is 72.8 Å². The molecular weight excluding hydrogens is 484 g/mol. The number of ether oxygens (including phenoxy) is 2. The van der Waals surface area contributed by atoms with Gasteiger partial charge < -0.3 is 25.5 Å². The number of nitrogens with two attached hydrogens (primary N) is 1. The number of aromatic nitrogens is 2. The van der Waals surface area contributed by atoms with E-state index in [0.29, 0.717) is 40.8 Å². The van der Waals surface area contributed by atoms with E-state index in [4.69, 9.17) is 27.4 Å². The third kappa shape index (κ3) is 5.10. The predicted octanol–water partition coefficient (Wildman–Crippen LogP) is 5.83. The summed E-state index contributed by atoms with van der Waals surface area (Å²) < 4.78 is 11.7. The van der Waals surface area contributed by atoms with Crippen molar-refractivity contribution in [1.29, 1.82) is 0 Å². The lowest BCUT2D eigenvalue weighted by Gasteiger charge is -2.31. The molecule has 0 fully saturated rings. The van der Waals surface area contributed by atoms with Crippen molar-refractivity contribution in [1.82, 2.24) is 9.97 Å². The number of carbonyl (C=O) groups is 1. The highest BCUT2D eigenvalue weighted by Crippen LogP contribution is 2.46. The number of aromatic amines is 1. The molecule has 0 amide bonds. The zero-order valence-corrected chi connectivity index (χ0v) is 21.0. The van der Waals surface area contributed by atoms with Crippen LogP contribution in [0.4, 0.5) is 11.6 Å². The molecule has 0 bridgehead atoms. The summed E-state index contributed by atoms with van der Waals surface area (Å²) in [7, 11) is 0. The molecule has 0 spiro atoms.